The Hall–Kier alpha value is -0.350. The summed E-state index contributed by atoms with van der Waals surface area (Å²) < 4.78 is 27.9. The van der Waals surface area contributed by atoms with Crippen molar-refractivity contribution in [1.82, 2.24) is 0 Å². The highest BCUT2D eigenvalue weighted by atomic mass is 32.2. The second-order valence-electron chi connectivity index (χ2n) is 5.99. The first-order valence-corrected chi connectivity index (χ1v) is 8.05. The quantitative estimate of drug-likeness (QED) is 0.726. The Morgan fingerprint density at radius 2 is 2.18 bits per heavy atom. The van der Waals surface area contributed by atoms with Crippen molar-refractivity contribution in [3.05, 3.63) is 12.0 Å². The molecule has 0 N–H and O–H groups in total. The van der Waals surface area contributed by atoms with Crippen molar-refractivity contribution in [2.24, 2.45) is 23.2 Å². The summed E-state index contributed by atoms with van der Waals surface area (Å²) in [5.41, 5.74) is 0.169. The summed E-state index contributed by atoms with van der Waals surface area (Å²) in [6.45, 7) is 3.68. The van der Waals surface area contributed by atoms with Crippen LogP contribution in [-0.4, -0.2) is 15.0 Å². The highest BCUT2D eigenvalue weighted by molar-refractivity contribution is 7.89. The zero-order chi connectivity index (χ0) is 12.1. The normalized spacial score (nSPS) is 43.9. The molecule has 0 aromatic carbocycles. The van der Waals surface area contributed by atoms with Gasteiger partial charge >= 0.3 is 0 Å². The van der Waals surface area contributed by atoms with Gasteiger partial charge in [0.25, 0.3) is 10.1 Å². The minimum atomic E-state index is -3.50. The van der Waals surface area contributed by atoms with E-state index in [-0.39, 0.29) is 5.41 Å². The van der Waals surface area contributed by atoms with Crippen molar-refractivity contribution in [3.8, 4) is 0 Å². The Morgan fingerprint density at radius 1 is 1.35 bits per heavy atom. The fourth-order valence-electron chi connectivity index (χ4n) is 4.70. The molecular weight excluding hydrogens is 236 g/mol. The van der Waals surface area contributed by atoms with Gasteiger partial charge in [-0.25, -0.2) is 0 Å². The molecule has 2 bridgehead atoms. The molecule has 0 amide bonds. The van der Waals surface area contributed by atoms with Crippen LogP contribution in [-0.2, 0) is 14.3 Å². The molecule has 0 heterocycles. The minimum Gasteiger partial charge on any atom is -0.266 e. The van der Waals surface area contributed by atoms with Crippen LogP contribution in [0, 0.1) is 23.2 Å². The topological polar surface area (TPSA) is 43.4 Å². The fourth-order valence-corrected chi connectivity index (χ4v) is 5.20. The fraction of sp³-hybridized carbons (Fsp3) is 0.846. The van der Waals surface area contributed by atoms with Gasteiger partial charge in [0.1, 0.15) is 0 Å². The summed E-state index contributed by atoms with van der Waals surface area (Å²) in [4.78, 5) is 0. The summed E-state index contributed by atoms with van der Waals surface area (Å²) in [5.74, 6) is 2.43. The highest BCUT2D eigenvalue weighted by Gasteiger charge is 2.58. The smallest absolute Gasteiger partial charge is 0.266 e. The number of hydrogen-bond acceptors (Lipinski definition) is 3. The molecule has 0 saturated heterocycles. The van der Waals surface area contributed by atoms with E-state index < -0.39 is 10.1 Å². The van der Waals surface area contributed by atoms with E-state index in [2.05, 4.69) is 6.58 Å². The van der Waals surface area contributed by atoms with Gasteiger partial charge in [-0.1, -0.05) is 13.0 Å². The Balaban J connectivity index is 1.76. The summed E-state index contributed by atoms with van der Waals surface area (Å²) in [6.07, 6.45) is 7.57. The molecule has 4 atom stereocenters. The molecular formula is C13H20O3S. The zero-order valence-electron chi connectivity index (χ0n) is 10.1. The first-order valence-electron chi connectivity index (χ1n) is 6.58. The molecule has 0 aromatic rings. The second kappa shape index (κ2) is 3.82. The monoisotopic (exact) mass is 256 g/mol. The van der Waals surface area contributed by atoms with Crippen molar-refractivity contribution in [2.75, 3.05) is 6.61 Å². The van der Waals surface area contributed by atoms with E-state index in [0.29, 0.717) is 6.61 Å². The van der Waals surface area contributed by atoms with Gasteiger partial charge in [-0.2, -0.15) is 8.42 Å². The van der Waals surface area contributed by atoms with Crippen LogP contribution in [0.1, 0.15) is 38.5 Å². The van der Waals surface area contributed by atoms with Gasteiger partial charge in [-0.15, -0.1) is 0 Å². The van der Waals surface area contributed by atoms with Crippen molar-refractivity contribution < 1.29 is 12.6 Å². The van der Waals surface area contributed by atoms with Gasteiger partial charge in [-0.3, -0.25) is 4.18 Å². The maximum Gasteiger partial charge on any atom is 0.289 e. The Bertz CT molecular complexity index is 428. The maximum absolute atomic E-state index is 11.4. The zero-order valence-corrected chi connectivity index (χ0v) is 10.9. The molecule has 3 aliphatic carbocycles. The van der Waals surface area contributed by atoms with Crippen LogP contribution in [0.2, 0.25) is 0 Å². The third-order valence-electron chi connectivity index (χ3n) is 5.36. The lowest BCUT2D eigenvalue weighted by Crippen LogP contribution is -2.32. The average molecular weight is 256 g/mol. The lowest BCUT2D eigenvalue weighted by molar-refractivity contribution is 0.0854. The molecule has 3 saturated carbocycles. The van der Waals surface area contributed by atoms with Crippen LogP contribution in [0.15, 0.2) is 12.0 Å². The van der Waals surface area contributed by atoms with Crippen LogP contribution in [0.25, 0.3) is 0 Å². The van der Waals surface area contributed by atoms with Crippen LogP contribution < -0.4 is 0 Å². The first kappa shape index (κ1) is 11.7. The summed E-state index contributed by atoms with van der Waals surface area (Å²) in [5, 5.41) is 0.914. The molecule has 0 aromatic heterocycles. The molecule has 17 heavy (non-hydrogen) atoms. The van der Waals surface area contributed by atoms with Gasteiger partial charge in [0, 0.05) is 0 Å². The molecule has 0 spiro atoms. The van der Waals surface area contributed by atoms with E-state index in [4.69, 9.17) is 4.18 Å². The molecule has 3 nitrogen and oxygen atoms in total. The molecule has 3 fully saturated rings. The van der Waals surface area contributed by atoms with Crippen molar-refractivity contribution >= 4 is 10.1 Å². The summed E-state index contributed by atoms with van der Waals surface area (Å²) in [6, 6.07) is 0. The first-order chi connectivity index (χ1) is 8.06. The predicted octanol–water partition coefficient (Wildman–Crippen LogP) is 2.69. The summed E-state index contributed by atoms with van der Waals surface area (Å²) >= 11 is 0. The Kier molecular flexibility index (Phi) is 2.63. The van der Waals surface area contributed by atoms with E-state index in [1.165, 1.54) is 32.1 Å². The third kappa shape index (κ3) is 1.76. The SMILES string of the molecule is C=CS(=O)(=O)OCC12CCC(C1)C1CCCC12. The van der Waals surface area contributed by atoms with Crippen molar-refractivity contribution in [3.63, 3.8) is 0 Å². The van der Waals surface area contributed by atoms with Gasteiger partial charge < -0.3 is 0 Å². The van der Waals surface area contributed by atoms with E-state index >= 15 is 0 Å². The highest BCUT2D eigenvalue weighted by Crippen LogP contribution is 2.65. The van der Waals surface area contributed by atoms with E-state index in [9.17, 15) is 8.42 Å². The summed E-state index contributed by atoms with van der Waals surface area (Å²) in [7, 11) is -3.50. The number of hydrogen-bond donors (Lipinski definition) is 0. The molecule has 4 unspecified atom stereocenters. The van der Waals surface area contributed by atoms with Gasteiger partial charge in [0.15, 0.2) is 0 Å². The van der Waals surface area contributed by atoms with Gasteiger partial charge in [0.2, 0.25) is 0 Å². The number of rotatable bonds is 4. The Labute approximate surface area is 103 Å². The van der Waals surface area contributed by atoms with Crippen LogP contribution in [0.3, 0.4) is 0 Å². The lowest BCUT2D eigenvalue weighted by Gasteiger charge is -2.35. The number of fused-ring (bicyclic) bond motifs is 5. The van der Waals surface area contributed by atoms with Gasteiger partial charge in [0.05, 0.1) is 12.0 Å². The molecule has 3 rings (SSSR count). The lowest BCUT2D eigenvalue weighted by atomic mass is 9.72. The van der Waals surface area contributed by atoms with Crippen LogP contribution in [0.5, 0.6) is 0 Å². The molecule has 96 valence electrons. The predicted molar refractivity (Wildman–Crippen MR) is 65.7 cm³/mol. The molecule has 0 radical (unpaired) electrons. The molecule has 4 heteroatoms. The van der Waals surface area contributed by atoms with Crippen LogP contribution >= 0.6 is 0 Å². The maximum atomic E-state index is 11.4. The second-order valence-corrected chi connectivity index (χ2v) is 7.54. The van der Waals surface area contributed by atoms with Gasteiger partial charge in [-0.05, 0) is 55.3 Å². The Morgan fingerprint density at radius 3 is 2.94 bits per heavy atom. The molecule has 3 aliphatic rings. The van der Waals surface area contributed by atoms with Crippen LogP contribution in [0.4, 0.5) is 0 Å². The largest absolute Gasteiger partial charge is 0.289 e. The minimum absolute atomic E-state index is 0.169. The average Bonchev–Trinajstić information content (AvgIpc) is 2.99. The molecule has 0 aliphatic heterocycles. The van der Waals surface area contributed by atoms with E-state index in [1.54, 1.807) is 0 Å². The standard InChI is InChI=1S/C13H20O3S/c1-2-17(14,15)16-9-13-7-6-10(8-13)11-4-3-5-12(11)13/h2,10-12H,1,3-9H2. The van der Waals surface area contributed by atoms with Crippen molar-refractivity contribution in [1.29, 1.82) is 0 Å². The van der Waals surface area contributed by atoms with E-state index in [1.807, 2.05) is 0 Å². The van der Waals surface area contributed by atoms with E-state index in [0.717, 1.165) is 29.6 Å². The van der Waals surface area contributed by atoms with Crippen molar-refractivity contribution in [2.45, 2.75) is 38.5 Å². The third-order valence-corrected chi connectivity index (χ3v) is 6.21.